The zero-order valence-corrected chi connectivity index (χ0v) is 9.30. The molecule has 0 spiro atoms. The first-order valence-corrected chi connectivity index (χ1v) is 5.85. The molecule has 5 nitrogen and oxygen atoms in total. The molecular weight excluding hydrogens is 220 g/mol. The largest absolute Gasteiger partial charge is 0.477 e. The molecule has 2 N–H and O–H groups in total. The van der Waals surface area contributed by atoms with Crippen molar-refractivity contribution in [2.45, 2.75) is 37.5 Å². The molecule has 90 valence electrons. The normalized spacial score (nSPS) is 30.5. The first-order chi connectivity index (χ1) is 8.22. The average molecular weight is 234 g/mol. The van der Waals surface area contributed by atoms with Crippen molar-refractivity contribution in [3.63, 3.8) is 0 Å². The van der Waals surface area contributed by atoms with Crippen LogP contribution in [0.3, 0.4) is 0 Å². The van der Waals surface area contributed by atoms with Crippen LogP contribution in [0.4, 0.5) is 5.82 Å². The molecule has 3 heterocycles. The van der Waals surface area contributed by atoms with Crippen LogP contribution in [0.1, 0.15) is 29.8 Å². The molecule has 17 heavy (non-hydrogen) atoms. The van der Waals surface area contributed by atoms with Crippen LogP contribution < -0.4 is 5.32 Å². The van der Waals surface area contributed by atoms with Crippen LogP contribution in [0.25, 0.3) is 0 Å². The van der Waals surface area contributed by atoms with Gasteiger partial charge in [0.15, 0.2) is 5.69 Å². The number of carboxylic acid groups (broad SMARTS) is 1. The molecule has 0 saturated carbocycles. The molecule has 0 aromatic carbocycles. The summed E-state index contributed by atoms with van der Waals surface area (Å²) in [4.78, 5) is 14.9. The summed E-state index contributed by atoms with van der Waals surface area (Å²) in [5.74, 6) is -0.385. The number of hydrogen-bond donors (Lipinski definition) is 2. The van der Waals surface area contributed by atoms with Crippen LogP contribution in [0.15, 0.2) is 18.2 Å². The SMILES string of the molecule is O=C(O)c1cccc(NC2CC3CCC2O3)n1. The van der Waals surface area contributed by atoms with E-state index in [1.165, 1.54) is 6.07 Å². The first kappa shape index (κ1) is 10.5. The van der Waals surface area contributed by atoms with Crippen molar-refractivity contribution in [3.8, 4) is 0 Å². The van der Waals surface area contributed by atoms with Crippen molar-refractivity contribution >= 4 is 11.8 Å². The van der Waals surface area contributed by atoms with E-state index in [1.807, 2.05) is 0 Å². The van der Waals surface area contributed by atoms with E-state index in [2.05, 4.69) is 10.3 Å². The quantitative estimate of drug-likeness (QED) is 0.829. The van der Waals surface area contributed by atoms with Gasteiger partial charge in [0, 0.05) is 0 Å². The highest BCUT2D eigenvalue weighted by Gasteiger charge is 2.40. The summed E-state index contributed by atoms with van der Waals surface area (Å²) in [5, 5.41) is 12.1. The monoisotopic (exact) mass is 234 g/mol. The molecule has 0 aliphatic carbocycles. The van der Waals surface area contributed by atoms with Gasteiger partial charge >= 0.3 is 5.97 Å². The van der Waals surface area contributed by atoms with Crippen LogP contribution in [0, 0.1) is 0 Å². The third-order valence-corrected chi connectivity index (χ3v) is 3.41. The number of hydrogen-bond acceptors (Lipinski definition) is 4. The van der Waals surface area contributed by atoms with Gasteiger partial charge < -0.3 is 15.2 Å². The van der Waals surface area contributed by atoms with Crippen LogP contribution in [0.5, 0.6) is 0 Å². The summed E-state index contributed by atoms with van der Waals surface area (Å²) < 4.78 is 5.73. The van der Waals surface area contributed by atoms with Crippen LogP contribution >= 0.6 is 0 Å². The number of fused-ring (bicyclic) bond motifs is 2. The minimum Gasteiger partial charge on any atom is -0.477 e. The molecule has 3 rings (SSSR count). The van der Waals surface area contributed by atoms with Crippen molar-refractivity contribution in [1.82, 2.24) is 4.98 Å². The van der Waals surface area contributed by atoms with Gasteiger partial charge in [0.1, 0.15) is 5.82 Å². The Morgan fingerprint density at radius 1 is 1.47 bits per heavy atom. The van der Waals surface area contributed by atoms with Gasteiger partial charge in [0.2, 0.25) is 0 Å². The standard InChI is InChI=1S/C12H14N2O3/c15-12(16)8-2-1-3-11(13-8)14-9-6-7-4-5-10(9)17-7/h1-3,7,9-10H,4-6H2,(H,13,14)(H,15,16). The number of aromatic carboxylic acids is 1. The molecule has 2 bridgehead atoms. The Balaban J connectivity index is 1.73. The lowest BCUT2D eigenvalue weighted by Crippen LogP contribution is -2.30. The van der Waals surface area contributed by atoms with Crippen molar-refractivity contribution in [2.75, 3.05) is 5.32 Å². The van der Waals surface area contributed by atoms with Gasteiger partial charge in [0.05, 0.1) is 18.2 Å². The predicted molar refractivity (Wildman–Crippen MR) is 61.1 cm³/mol. The Bertz CT molecular complexity index is 449. The van der Waals surface area contributed by atoms with E-state index < -0.39 is 5.97 Å². The number of nitrogens with zero attached hydrogens (tertiary/aromatic N) is 1. The lowest BCUT2D eigenvalue weighted by atomic mass is 9.95. The van der Waals surface area contributed by atoms with Gasteiger partial charge in [-0.05, 0) is 31.4 Å². The number of carbonyl (C=O) groups is 1. The van der Waals surface area contributed by atoms with Gasteiger partial charge in [-0.25, -0.2) is 9.78 Å². The molecule has 1 aromatic heterocycles. The molecule has 2 fully saturated rings. The third-order valence-electron chi connectivity index (χ3n) is 3.41. The van der Waals surface area contributed by atoms with Crippen LogP contribution in [0.2, 0.25) is 0 Å². The second-order valence-corrected chi connectivity index (χ2v) is 4.57. The summed E-state index contributed by atoms with van der Waals surface area (Å²) in [7, 11) is 0. The van der Waals surface area contributed by atoms with E-state index in [0.717, 1.165) is 19.3 Å². The second-order valence-electron chi connectivity index (χ2n) is 4.57. The zero-order valence-electron chi connectivity index (χ0n) is 9.30. The molecule has 2 aliphatic rings. The van der Waals surface area contributed by atoms with Gasteiger partial charge in [-0.2, -0.15) is 0 Å². The average Bonchev–Trinajstić information content (AvgIpc) is 2.91. The number of rotatable bonds is 3. The molecule has 2 aliphatic heterocycles. The summed E-state index contributed by atoms with van der Waals surface area (Å²) >= 11 is 0. The number of pyridine rings is 1. The van der Waals surface area contributed by atoms with Gasteiger partial charge in [0.25, 0.3) is 0 Å². The topological polar surface area (TPSA) is 71.5 Å². The smallest absolute Gasteiger partial charge is 0.354 e. The highest BCUT2D eigenvalue weighted by molar-refractivity contribution is 5.85. The highest BCUT2D eigenvalue weighted by atomic mass is 16.5. The second kappa shape index (κ2) is 4.00. The van der Waals surface area contributed by atoms with Crippen molar-refractivity contribution in [3.05, 3.63) is 23.9 Å². The van der Waals surface area contributed by atoms with E-state index in [4.69, 9.17) is 9.84 Å². The predicted octanol–water partition coefficient (Wildman–Crippen LogP) is 1.51. The summed E-state index contributed by atoms with van der Waals surface area (Å²) in [6.07, 6.45) is 3.85. The number of ether oxygens (including phenoxy) is 1. The Labute approximate surface area is 98.8 Å². The van der Waals surface area contributed by atoms with E-state index in [1.54, 1.807) is 12.1 Å². The van der Waals surface area contributed by atoms with E-state index in [0.29, 0.717) is 11.9 Å². The molecule has 1 aromatic rings. The minimum atomic E-state index is -1.00. The van der Waals surface area contributed by atoms with E-state index >= 15 is 0 Å². The van der Waals surface area contributed by atoms with Crippen molar-refractivity contribution < 1.29 is 14.6 Å². The maximum Gasteiger partial charge on any atom is 0.354 e. The first-order valence-electron chi connectivity index (χ1n) is 5.85. The third kappa shape index (κ3) is 1.98. The van der Waals surface area contributed by atoms with Crippen molar-refractivity contribution in [2.24, 2.45) is 0 Å². The molecule has 5 heteroatoms. The Morgan fingerprint density at radius 2 is 2.35 bits per heavy atom. The summed E-state index contributed by atoms with van der Waals surface area (Å²) in [6, 6.07) is 5.25. The highest BCUT2D eigenvalue weighted by Crippen LogP contribution is 2.35. The lowest BCUT2D eigenvalue weighted by molar-refractivity contribution is 0.0690. The molecule has 3 unspecified atom stereocenters. The maximum absolute atomic E-state index is 10.8. The number of carboxylic acids is 1. The number of aromatic nitrogens is 1. The number of nitrogens with one attached hydrogen (secondary N) is 1. The summed E-state index contributed by atoms with van der Waals surface area (Å²) in [5.41, 5.74) is 0.0686. The number of anilines is 1. The molecule has 3 atom stereocenters. The minimum absolute atomic E-state index is 0.0686. The van der Waals surface area contributed by atoms with Crippen LogP contribution in [-0.2, 0) is 4.74 Å². The lowest BCUT2D eigenvalue weighted by Gasteiger charge is -2.20. The Hall–Kier alpha value is -1.62. The van der Waals surface area contributed by atoms with E-state index in [9.17, 15) is 4.79 Å². The van der Waals surface area contributed by atoms with E-state index in [-0.39, 0.29) is 17.8 Å². The fourth-order valence-electron chi connectivity index (χ4n) is 2.61. The molecule has 0 radical (unpaired) electrons. The van der Waals surface area contributed by atoms with Gasteiger partial charge in [-0.15, -0.1) is 0 Å². The Morgan fingerprint density at radius 3 is 3.00 bits per heavy atom. The van der Waals surface area contributed by atoms with Crippen molar-refractivity contribution in [1.29, 1.82) is 0 Å². The zero-order chi connectivity index (χ0) is 11.8. The van der Waals surface area contributed by atoms with Crippen LogP contribution in [-0.4, -0.2) is 34.3 Å². The molecular formula is C12H14N2O3. The van der Waals surface area contributed by atoms with Gasteiger partial charge in [-0.1, -0.05) is 6.07 Å². The fraction of sp³-hybridized carbons (Fsp3) is 0.500. The molecule has 0 amide bonds. The molecule has 2 saturated heterocycles. The van der Waals surface area contributed by atoms with Gasteiger partial charge in [-0.3, -0.25) is 0 Å². The Kier molecular flexibility index (Phi) is 2.48. The maximum atomic E-state index is 10.8. The summed E-state index contributed by atoms with van der Waals surface area (Å²) in [6.45, 7) is 0. The fourth-order valence-corrected chi connectivity index (χ4v) is 2.61.